The third kappa shape index (κ3) is 71.5. The molecule has 0 aliphatic heterocycles. The highest BCUT2D eigenvalue weighted by Crippen LogP contribution is 2.43. The van der Waals surface area contributed by atoms with Crippen LogP contribution in [0.2, 0.25) is 0 Å². The van der Waals surface area contributed by atoms with Crippen molar-refractivity contribution >= 4 is 19.8 Å². The fourth-order valence-corrected chi connectivity index (χ4v) is 10.7. The number of rotatable bonds is 66. The molecule has 0 radical (unpaired) electrons. The average Bonchev–Trinajstić information content (AvgIpc) is 3.60. The lowest BCUT2D eigenvalue weighted by molar-refractivity contribution is -0.870. The van der Waals surface area contributed by atoms with Gasteiger partial charge in [0.1, 0.15) is 19.8 Å². The minimum absolute atomic E-state index is 0.0181. The summed E-state index contributed by atoms with van der Waals surface area (Å²) < 4.78 is 34.7. The Morgan fingerprint density at radius 1 is 0.364 bits per heavy atom. The standard InChI is InChI=1S/C78H136NO8P/c1-6-8-10-12-14-16-18-20-22-24-26-28-30-32-34-35-36-37-38-39-40-41-42-43-45-46-48-50-52-54-56-58-60-62-64-66-68-70-77(80)84-74-76(75-86-88(82,83)85-73-72-79(3,4)5)87-78(81)71-69-67-65-63-61-59-57-55-53-51-49-47-44-33-31-29-27-25-23-21-19-17-15-13-11-9-7-2/h9,11,15,17-18,20-21,23-24,26-27,29,33,44,49,51,55,57,61,63,76H,6-8,10,12-14,16,19,22,25,28,30-32,34-43,45-48,50,52-54,56,58-60,62,64-75H2,1-5H3/p+1/b11-9-,17-15-,20-18-,23-21-,26-24-,29-27-,44-33-,51-49-,57-55-,63-61-. The molecule has 0 heterocycles. The third-order valence-corrected chi connectivity index (χ3v) is 16.5. The zero-order chi connectivity index (χ0) is 64.1. The van der Waals surface area contributed by atoms with E-state index in [1.165, 1.54) is 186 Å². The van der Waals surface area contributed by atoms with Crippen LogP contribution in [0.3, 0.4) is 0 Å². The number of phosphoric ester groups is 1. The van der Waals surface area contributed by atoms with Crippen LogP contribution in [0.1, 0.15) is 309 Å². The summed E-state index contributed by atoms with van der Waals surface area (Å²) in [6, 6.07) is 0. The van der Waals surface area contributed by atoms with Crippen molar-refractivity contribution in [3.63, 3.8) is 0 Å². The van der Waals surface area contributed by atoms with Crippen molar-refractivity contribution in [2.45, 2.75) is 315 Å². The zero-order valence-corrected chi connectivity index (χ0v) is 58.6. The van der Waals surface area contributed by atoms with Gasteiger partial charge in [-0.2, -0.15) is 0 Å². The zero-order valence-electron chi connectivity index (χ0n) is 57.7. The molecule has 0 aliphatic carbocycles. The van der Waals surface area contributed by atoms with Crippen molar-refractivity contribution in [2.24, 2.45) is 0 Å². The fraction of sp³-hybridized carbons (Fsp3) is 0.718. The lowest BCUT2D eigenvalue weighted by Gasteiger charge is -2.24. The molecule has 1 N–H and O–H groups in total. The van der Waals surface area contributed by atoms with Gasteiger partial charge in [0.15, 0.2) is 6.10 Å². The van der Waals surface area contributed by atoms with E-state index in [2.05, 4.69) is 135 Å². The highest BCUT2D eigenvalue weighted by Gasteiger charge is 2.27. The van der Waals surface area contributed by atoms with Gasteiger partial charge in [-0.3, -0.25) is 18.6 Å². The number of quaternary nitrogens is 1. The molecule has 2 unspecified atom stereocenters. The number of carbonyl (C=O) groups is 2. The van der Waals surface area contributed by atoms with Crippen LogP contribution in [0, 0.1) is 0 Å². The number of allylic oxidation sites excluding steroid dienone is 20. The molecule has 0 saturated heterocycles. The Balaban J connectivity index is 4.05. The Hall–Kier alpha value is -3.59. The van der Waals surface area contributed by atoms with Gasteiger partial charge in [-0.05, 0) is 109 Å². The van der Waals surface area contributed by atoms with Gasteiger partial charge in [-0.1, -0.05) is 309 Å². The summed E-state index contributed by atoms with van der Waals surface area (Å²) in [5.41, 5.74) is 0. The molecule has 10 heteroatoms. The number of likely N-dealkylation sites (N-methyl/N-ethyl adjacent to an activating group) is 1. The molecule has 0 aromatic carbocycles. The first-order valence-corrected chi connectivity index (χ1v) is 37.8. The monoisotopic (exact) mass is 1250 g/mol. The molecule has 0 fully saturated rings. The van der Waals surface area contributed by atoms with Crippen LogP contribution in [0.25, 0.3) is 0 Å². The third-order valence-electron chi connectivity index (χ3n) is 15.5. The lowest BCUT2D eigenvalue weighted by Crippen LogP contribution is -2.37. The molecule has 0 amide bonds. The number of hydrogen-bond donors (Lipinski definition) is 1. The van der Waals surface area contributed by atoms with Crippen molar-refractivity contribution in [3.05, 3.63) is 122 Å². The highest BCUT2D eigenvalue weighted by atomic mass is 31.2. The van der Waals surface area contributed by atoms with Crippen molar-refractivity contribution in [2.75, 3.05) is 47.5 Å². The molecule has 88 heavy (non-hydrogen) atoms. The van der Waals surface area contributed by atoms with Gasteiger partial charge < -0.3 is 18.9 Å². The Morgan fingerprint density at radius 2 is 0.648 bits per heavy atom. The number of esters is 2. The maximum absolute atomic E-state index is 12.9. The van der Waals surface area contributed by atoms with Crippen LogP contribution in [0.5, 0.6) is 0 Å². The molecular formula is C78H137NO8P+. The summed E-state index contributed by atoms with van der Waals surface area (Å²) >= 11 is 0. The predicted octanol–water partition coefficient (Wildman–Crippen LogP) is 23.8. The second-order valence-corrected chi connectivity index (χ2v) is 26.7. The SMILES string of the molecule is CC/C=C\C/C=C\C/C=C\C/C=C\C/C=C\C/C=C\C/C=C\C/C=C\CCCCC(=O)OC(COC(=O)CCCCCCCCCCCCCCCCCCCCCCCCCCC/C=C\C/C=C\CCCCCCC)COP(=O)(O)OCC[N+](C)(C)C. The quantitative estimate of drug-likeness (QED) is 0.0211. The summed E-state index contributed by atoms with van der Waals surface area (Å²) in [6.07, 6.45) is 97.6. The van der Waals surface area contributed by atoms with E-state index in [4.69, 9.17) is 18.5 Å². The average molecular weight is 1250 g/mol. The van der Waals surface area contributed by atoms with E-state index in [-0.39, 0.29) is 32.0 Å². The summed E-state index contributed by atoms with van der Waals surface area (Å²) in [5, 5.41) is 0. The second-order valence-electron chi connectivity index (χ2n) is 25.2. The number of phosphoric acid groups is 1. The van der Waals surface area contributed by atoms with E-state index in [1.807, 2.05) is 21.1 Å². The smallest absolute Gasteiger partial charge is 0.462 e. The number of unbranched alkanes of at least 4 members (excludes halogenated alkanes) is 32. The molecule has 2 atom stereocenters. The number of hydrogen-bond acceptors (Lipinski definition) is 7. The van der Waals surface area contributed by atoms with Gasteiger partial charge in [-0.25, -0.2) is 4.57 Å². The van der Waals surface area contributed by atoms with Gasteiger partial charge >= 0.3 is 19.8 Å². The van der Waals surface area contributed by atoms with Gasteiger partial charge in [0.05, 0.1) is 27.7 Å². The van der Waals surface area contributed by atoms with Crippen LogP contribution < -0.4 is 0 Å². The van der Waals surface area contributed by atoms with E-state index in [0.29, 0.717) is 17.4 Å². The van der Waals surface area contributed by atoms with Crippen molar-refractivity contribution in [3.8, 4) is 0 Å². The predicted molar refractivity (Wildman–Crippen MR) is 381 cm³/mol. The van der Waals surface area contributed by atoms with E-state index >= 15 is 0 Å². The Labute approximate surface area is 543 Å². The number of ether oxygens (including phenoxy) is 2. The summed E-state index contributed by atoms with van der Waals surface area (Å²) in [5.74, 6) is -0.846. The van der Waals surface area contributed by atoms with Crippen LogP contribution in [-0.2, 0) is 32.7 Å². The normalized spacial score (nSPS) is 13.8. The van der Waals surface area contributed by atoms with Gasteiger partial charge in [0.2, 0.25) is 0 Å². The number of nitrogens with zero attached hydrogens (tertiary/aromatic N) is 1. The molecule has 0 aliphatic rings. The van der Waals surface area contributed by atoms with Gasteiger partial charge in [0.25, 0.3) is 0 Å². The fourth-order valence-electron chi connectivity index (χ4n) is 9.95. The molecule has 0 bridgehead atoms. The summed E-state index contributed by atoms with van der Waals surface area (Å²) in [7, 11) is 1.44. The van der Waals surface area contributed by atoms with Crippen molar-refractivity contribution < 1.29 is 42.1 Å². The van der Waals surface area contributed by atoms with Crippen molar-refractivity contribution in [1.82, 2.24) is 0 Å². The highest BCUT2D eigenvalue weighted by molar-refractivity contribution is 7.47. The molecular weight excluding hydrogens is 1110 g/mol. The second kappa shape index (κ2) is 67.8. The summed E-state index contributed by atoms with van der Waals surface area (Å²) in [6.45, 7) is 4.28. The maximum Gasteiger partial charge on any atom is 0.472 e. The van der Waals surface area contributed by atoms with Crippen LogP contribution in [0.4, 0.5) is 0 Å². The van der Waals surface area contributed by atoms with Crippen LogP contribution in [-0.4, -0.2) is 74.9 Å². The molecule has 0 saturated carbocycles. The first kappa shape index (κ1) is 84.4. The van der Waals surface area contributed by atoms with E-state index < -0.39 is 26.5 Å². The summed E-state index contributed by atoms with van der Waals surface area (Å²) in [4.78, 5) is 35.9. The van der Waals surface area contributed by atoms with Gasteiger partial charge in [-0.15, -0.1) is 0 Å². The lowest BCUT2D eigenvalue weighted by atomic mass is 10.0. The topological polar surface area (TPSA) is 108 Å². The first-order valence-electron chi connectivity index (χ1n) is 36.3. The molecule has 506 valence electrons. The first-order chi connectivity index (χ1) is 43.0. The van der Waals surface area contributed by atoms with E-state index in [9.17, 15) is 19.0 Å². The minimum Gasteiger partial charge on any atom is -0.462 e. The van der Waals surface area contributed by atoms with E-state index in [0.717, 1.165) is 89.9 Å². The Bertz CT molecular complexity index is 1900. The molecule has 0 rings (SSSR count). The molecule has 0 aromatic rings. The minimum atomic E-state index is -4.41. The molecule has 0 spiro atoms. The van der Waals surface area contributed by atoms with Crippen LogP contribution in [0.15, 0.2) is 122 Å². The van der Waals surface area contributed by atoms with Crippen molar-refractivity contribution in [1.29, 1.82) is 0 Å². The maximum atomic E-state index is 12.9. The van der Waals surface area contributed by atoms with Crippen LogP contribution >= 0.6 is 7.82 Å². The largest absolute Gasteiger partial charge is 0.472 e. The Kier molecular flexibility index (Phi) is 65.0. The van der Waals surface area contributed by atoms with E-state index in [1.54, 1.807) is 0 Å². The van der Waals surface area contributed by atoms with Gasteiger partial charge in [0, 0.05) is 12.8 Å². The number of carbonyl (C=O) groups excluding carboxylic acids is 2. The Morgan fingerprint density at radius 3 is 0.989 bits per heavy atom. The molecule has 9 nitrogen and oxygen atoms in total. The molecule has 0 aromatic heterocycles.